The summed E-state index contributed by atoms with van der Waals surface area (Å²) in [7, 11) is 0. The predicted octanol–water partition coefficient (Wildman–Crippen LogP) is 1.82. The highest BCUT2D eigenvalue weighted by atomic mass is 32.1. The Kier molecular flexibility index (Phi) is 3.79. The quantitative estimate of drug-likeness (QED) is 0.905. The summed E-state index contributed by atoms with van der Waals surface area (Å²) in [5.74, 6) is -0.116. The van der Waals surface area contributed by atoms with Crippen molar-refractivity contribution in [3.63, 3.8) is 0 Å². The second kappa shape index (κ2) is 5.72. The largest absolute Gasteiger partial charge is 0.319 e. The summed E-state index contributed by atoms with van der Waals surface area (Å²) in [5, 5.41) is 10.6. The van der Waals surface area contributed by atoms with Crippen molar-refractivity contribution in [1.82, 2.24) is 20.1 Å². The minimum atomic E-state index is -0.116. The maximum atomic E-state index is 12.1. The van der Waals surface area contributed by atoms with Crippen LogP contribution in [0.4, 0.5) is 5.69 Å². The Morgan fingerprint density at radius 3 is 3.00 bits per heavy atom. The van der Waals surface area contributed by atoms with Gasteiger partial charge in [0.2, 0.25) is 0 Å². The van der Waals surface area contributed by atoms with Gasteiger partial charge in [0.1, 0.15) is 4.88 Å². The van der Waals surface area contributed by atoms with Gasteiger partial charge in [0.05, 0.1) is 29.1 Å². The zero-order valence-corrected chi connectivity index (χ0v) is 12.1. The number of hydrogen-bond donors (Lipinski definition) is 2. The normalized spacial score (nSPS) is 16.2. The molecule has 20 heavy (non-hydrogen) atoms. The van der Waals surface area contributed by atoms with E-state index in [4.69, 9.17) is 0 Å². The fourth-order valence-electron chi connectivity index (χ4n) is 2.38. The average molecular weight is 291 g/mol. The highest BCUT2D eigenvalue weighted by Crippen LogP contribution is 2.20. The molecule has 3 heterocycles. The second-order valence-corrected chi connectivity index (χ2v) is 5.77. The molecule has 0 bridgehead atoms. The summed E-state index contributed by atoms with van der Waals surface area (Å²) >= 11 is 1.35. The van der Waals surface area contributed by atoms with Crippen molar-refractivity contribution in [3.05, 3.63) is 28.5 Å². The average Bonchev–Trinajstić information content (AvgIpc) is 3.09. The van der Waals surface area contributed by atoms with Crippen LogP contribution in [0.1, 0.15) is 34.2 Å². The van der Waals surface area contributed by atoms with Crippen molar-refractivity contribution in [2.75, 3.05) is 18.4 Å². The van der Waals surface area contributed by atoms with Crippen LogP contribution in [0.5, 0.6) is 0 Å². The first-order chi connectivity index (χ1) is 9.74. The summed E-state index contributed by atoms with van der Waals surface area (Å²) in [5.41, 5.74) is 3.18. The van der Waals surface area contributed by atoms with Gasteiger partial charge < -0.3 is 10.6 Å². The fourth-order valence-corrected chi connectivity index (χ4v) is 3.08. The number of aryl methyl sites for hydroxylation is 1. The van der Waals surface area contributed by atoms with E-state index in [9.17, 15) is 4.79 Å². The van der Waals surface area contributed by atoms with E-state index in [1.165, 1.54) is 11.3 Å². The number of piperidine rings is 1. The molecule has 0 atom stereocenters. The molecule has 1 fully saturated rings. The van der Waals surface area contributed by atoms with Crippen molar-refractivity contribution < 1.29 is 4.79 Å². The molecule has 106 valence electrons. The highest BCUT2D eigenvalue weighted by molar-refractivity contribution is 7.12. The molecule has 2 N–H and O–H groups in total. The lowest BCUT2D eigenvalue weighted by Gasteiger charge is -2.22. The Morgan fingerprint density at radius 2 is 2.30 bits per heavy atom. The molecule has 0 radical (unpaired) electrons. The van der Waals surface area contributed by atoms with E-state index in [0.29, 0.717) is 10.9 Å². The predicted molar refractivity (Wildman–Crippen MR) is 78.2 cm³/mol. The van der Waals surface area contributed by atoms with Crippen LogP contribution < -0.4 is 10.6 Å². The Hall–Kier alpha value is -1.73. The monoisotopic (exact) mass is 291 g/mol. The SMILES string of the molecule is Cc1ncsc1C(=O)Nc1cnn(C2CCNCC2)c1. The smallest absolute Gasteiger partial charge is 0.267 e. The minimum Gasteiger partial charge on any atom is -0.319 e. The number of carbonyl (C=O) groups is 1. The molecule has 2 aromatic heterocycles. The van der Waals surface area contributed by atoms with Crippen molar-refractivity contribution >= 4 is 22.9 Å². The van der Waals surface area contributed by atoms with Gasteiger partial charge in [-0.2, -0.15) is 5.10 Å². The third-order valence-electron chi connectivity index (χ3n) is 3.49. The third-order valence-corrected chi connectivity index (χ3v) is 4.42. The Labute approximate surface area is 121 Å². The summed E-state index contributed by atoms with van der Waals surface area (Å²) in [6, 6.07) is 0.423. The number of rotatable bonds is 3. The van der Waals surface area contributed by atoms with Crippen molar-refractivity contribution in [2.24, 2.45) is 0 Å². The van der Waals surface area contributed by atoms with E-state index < -0.39 is 0 Å². The van der Waals surface area contributed by atoms with E-state index >= 15 is 0 Å². The van der Waals surface area contributed by atoms with Crippen LogP contribution in [-0.2, 0) is 0 Å². The molecule has 2 aromatic rings. The number of amides is 1. The number of hydrogen-bond acceptors (Lipinski definition) is 5. The molecule has 0 spiro atoms. The topological polar surface area (TPSA) is 71.8 Å². The lowest BCUT2D eigenvalue weighted by molar-refractivity contribution is 0.103. The number of aromatic nitrogens is 3. The number of nitrogens with zero attached hydrogens (tertiary/aromatic N) is 3. The first-order valence-electron chi connectivity index (χ1n) is 6.70. The zero-order chi connectivity index (χ0) is 13.9. The summed E-state index contributed by atoms with van der Waals surface area (Å²) < 4.78 is 1.95. The van der Waals surface area contributed by atoms with E-state index in [0.717, 1.165) is 37.3 Å². The van der Waals surface area contributed by atoms with Crippen molar-refractivity contribution in [1.29, 1.82) is 0 Å². The van der Waals surface area contributed by atoms with Gasteiger partial charge in [-0.1, -0.05) is 0 Å². The standard InChI is InChI=1S/C13H17N5OS/c1-9-12(20-8-15-9)13(19)17-10-6-16-18(7-10)11-2-4-14-5-3-11/h6-8,11,14H,2-5H2,1H3,(H,17,19). The molecule has 0 aromatic carbocycles. The van der Waals surface area contributed by atoms with Crippen LogP contribution in [0.2, 0.25) is 0 Å². The molecule has 3 rings (SSSR count). The molecule has 1 aliphatic heterocycles. The highest BCUT2D eigenvalue weighted by Gasteiger charge is 2.17. The molecule has 0 aliphatic carbocycles. The number of thiazole rings is 1. The van der Waals surface area contributed by atoms with Crippen LogP contribution in [-0.4, -0.2) is 33.8 Å². The number of nitrogens with one attached hydrogen (secondary N) is 2. The van der Waals surface area contributed by atoms with Crippen LogP contribution in [0, 0.1) is 6.92 Å². The molecule has 1 aliphatic rings. The van der Waals surface area contributed by atoms with Crippen molar-refractivity contribution in [3.8, 4) is 0 Å². The first kappa shape index (κ1) is 13.3. The van der Waals surface area contributed by atoms with Crippen LogP contribution in [0.3, 0.4) is 0 Å². The summed E-state index contributed by atoms with van der Waals surface area (Å²) in [6.45, 7) is 3.88. The van der Waals surface area contributed by atoms with E-state index in [1.54, 1.807) is 11.7 Å². The molecule has 7 heteroatoms. The van der Waals surface area contributed by atoms with E-state index in [2.05, 4.69) is 20.7 Å². The Morgan fingerprint density at radius 1 is 1.50 bits per heavy atom. The van der Waals surface area contributed by atoms with Gasteiger partial charge in [0.15, 0.2) is 0 Å². The second-order valence-electron chi connectivity index (χ2n) is 4.91. The van der Waals surface area contributed by atoms with Crippen LogP contribution in [0.25, 0.3) is 0 Å². The molecule has 0 saturated carbocycles. The first-order valence-corrected chi connectivity index (χ1v) is 7.58. The molecule has 1 saturated heterocycles. The van der Waals surface area contributed by atoms with Gasteiger partial charge in [0, 0.05) is 6.20 Å². The minimum absolute atomic E-state index is 0.116. The Balaban J connectivity index is 1.68. The molecule has 1 amide bonds. The van der Waals surface area contributed by atoms with Gasteiger partial charge in [-0.3, -0.25) is 9.48 Å². The zero-order valence-electron chi connectivity index (χ0n) is 11.3. The van der Waals surface area contributed by atoms with Gasteiger partial charge in [-0.15, -0.1) is 11.3 Å². The lowest BCUT2D eigenvalue weighted by atomic mass is 10.1. The van der Waals surface area contributed by atoms with Gasteiger partial charge in [-0.05, 0) is 32.9 Å². The van der Waals surface area contributed by atoms with Crippen molar-refractivity contribution in [2.45, 2.75) is 25.8 Å². The van der Waals surface area contributed by atoms with E-state index in [-0.39, 0.29) is 5.91 Å². The molecule has 6 nitrogen and oxygen atoms in total. The van der Waals surface area contributed by atoms with Crippen LogP contribution >= 0.6 is 11.3 Å². The Bertz CT molecular complexity index is 599. The number of anilines is 1. The maximum absolute atomic E-state index is 12.1. The fraction of sp³-hybridized carbons (Fsp3) is 0.462. The molecule has 0 unspecified atom stereocenters. The third kappa shape index (κ3) is 2.73. The summed E-state index contributed by atoms with van der Waals surface area (Å²) in [6.07, 6.45) is 5.76. The van der Waals surface area contributed by atoms with Gasteiger partial charge >= 0.3 is 0 Å². The van der Waals surface area contributed by atoms with E-state index in [1.807, 2.05) is 17.8 Å². The van der Waals surface area contributed by atoms with Crippen LogP contribution in [0.15, 0.2) is 17.9 Å². The summed E-state index contributed by atoms with van der Waals surface area (Å²) in [4.78, 5) is 16.8. The maximum Gasteiger partial charge on any atom is 0.267 e. The lowest BCUT2D eigenvalue weighted by Crippen LogP contribution is -2.29. The number of carbonyl (C=O) groups excluding carboxylic acids is 1. The molecular weight excluding hydrogens is 274 g/mol. The van der Waals surface area contributed by atoms with Gasteiger partial charge in [0.25, 0.3) is 5.91 Å². The molecular formula is C13H17N5OS. The van der Waals surface area contributed by atoms with Gasteiger partial charge in [-0.25, -0.2) is 4.98 Å².